The number of carbonyl (C=O) groups excluding carboxylic acids is 1. The summed E-state index contributed by atoms with van der Waals surface area (Å²) in [7, 11) is 0. The van der Waals surface area contributed by atoms with Gasteiger partial charge in [-0.1, -0.05) is 0 Å². The topological polar surface area (TPSA) is 46.5 Å². The number of aliphatic hydroxyl groups excluding tert-OH is 1. The second-order valence-electron chi connectivity index (χ2n) is 1.63. The van der Waals surface area contributed by atoms with Crippen molar-refractivity contribution in [2.45, 2.75) is 19.8 Å². The molecule has 56 valence electrons. The van der Waals surface area contributed by atoms with Gasteiger partial charge in [0, 0.05) is 13.0 Å². The molecule has 10 heavy (non-hydrogen) atoms. The van der Waals surface area contributed by atoms with Crippen LogP contribution in [0.2, 0.25) is 0 Å². The van der Waals surface area contributed by atoms with Gasteiger partial charge < -0.3 is 11.3 Å². The molecule has 0 aromatic rings. The Morgan fingerprint density at radius 1 is 1.70 bits per heavy atom. The zero-order valence-corrected chi connectivity index (χ0v) is 9.72. The van der Waals surface area contributed by atoms with E-state index in [1.54, 1.807) is 6.92 Å². The zero-order valence-electron chi connectivity index (χ0n) is 7.59. The fourth-order valence-electron chi connectivity index (χ4n) is 0.457. The van der Waals surface area contributed by atoms with Gasteiger partial charge in [0.15, 0.2) is 0 Å². The predicted molar refractivity (Wildman–Crippen MR) is 34.1 cm³/mol. The van der Waals surface area contributed by atoms with E-state index < -0.39 is 0 Å². The molecule has 0 heterocycles. The fraction of sp³-hybridized carbons (Fsp3) is 0.833. The van der Waals surface area contributed by atoms with Gasteiger partial charge in [0.25, 0.3) is 0 Å². The number of esters is 1. The largest absolute Gasteiger partial charge is 1.00 e. The van der Waals surface area contributed by atoms with Gasteiger partial charge in [0.2, 0.25) is 0 Å². The molecule has 0 aliphatic rings. The molecule has 0 aromatic heterocycles. The second kappa shape index (κ2) is 10.1. The first kappa shape index (κ1) is 13.6. The van der Waals surface area contributed by atoms with E-state index in [9.17, 15) is 4.79 Å². The summed E-state index contributed by atoms with van der Waals surface area (Å²) < 4.78 is 4.59. The Balaban J connectivity index is -0.000000320. The normalized spacial score (nSPS) is 8.20. The van der Waals surface area contributed by atoms with Crippen LogP contribution in [-0.4, -0.2) is 24.3 Å². The van der Waals surface area contributed by atoms with E-state index in [1.165, 1.54) is 0 Å². The van der Waals surface area contributed by atoms with Crippen LogP contribution in [0.4, 0.5) is 0 Å². The maximum Gasteiger partial charge on any atom is 1.00 e. The van der Waals surface area contributed by atoms with Gasteiger partial charge >= 0.3 is 57.4 Å². The third-order valence-corrected chi connectivity index (χ3v) is 0.844. The van der Waals surface area contributed by atoms with Crippen molar-refractivity contribution in [3.63, 3.8) is 0 Å². The number of ether oxygens (including phenoxy) is 1. The van der Waals surface area contributed by atoms with Gasteiger partial charge in [-0.3, -0.25) is 4.79 Å². The first-order chi connectivity index (χ1) is 4.31. The van der Waals surface area contributed by atoms with E-state index >= 15 is 0 Å². The van der Waals surface area contributed by atoms with Crippen LogP contribution in [0.5, 0.6) is 0 Å². The minimum absolute atomic E-state index is 0. The average Bonchev–Trinajstić information content (AvgIpc) is 1.85. The molecule has 1 N–H and O–H groups in total. The Morgan fingerprint density at radius 2 is 2.30 bits per heavy atom. The molecule has 0 saturated heterocycles. The van der Waals surface area contributed by atoms with Crippen molar-refractivity contribution in [1.82, 2.24) is 0 Å². The van der Waals surface area contributed by atoms with E-state index in [0.29, 0.717) is 19.4 Å². The summed E-state index contributed by atoms with van der Waals surface area (Å²) in [4.78, 5) is 10.5. The standard InChI is InChI=1S/C6H12O3.K.H/c1-2-9-6(8)4-3-5-7;;/h7H,2-5H2,1H3;;/q;+1;-1. The van der Waals surface area contributed by atoms with E-state index in [-0.39, 0.29) is 65.4 Å². The Morgan fingerprint density at radius 3 is 2.70 bits per heavy atom. The van der Waals surface area contributed by atoms with Crippen LogP contribution in [0.3, 0.4) is 0 Å². The summed E-state index contributed by atoms with van der Waals surface area (Å²) in [5.74, 6) is -0.230. The van der Waals surface area contributed by atoms with Gasteiger partial charge in [0.05, 0.1) is 6.61 Å². The van der Waals surface area contributed by atoms with E-state index in [2.05, 4.69) is 4.74 Å². The molecule has 0 aromatic carbocycles. The van der Waals surface area contributed by atoms with Crippen molar-refractivity contribution in [3.05, 3.63) is 0 Å². The van der Waals surface area contributed by atoms with Crippen molar-refractivity contribution < 1.29 is 67.4 Å². The van der Waals surface area contributed by atoms with Crippen LogP contribution in [0.25, 0.3) is 0 Å². The van der Waals surface area contributed by atoms with Gasteiger partial charge in [0.1, 0.15) is 0 Å². The minimum atomic E-state index is -0.230. The van der Waals surface area contributed by atoms with E-state index in [4.69, 9.17) is 5.11 Å². The van der Waals surface area contributed by atoms with Crippen LogP contribution in [0.1, 0.15) is 21.2 Å². The summed E-state index contributed by atoms with van der Waals surface area (Å²) in [6.45, 7) is 2.24. The van der Waals surface area contributed by atoms with Crippen LogP contribution in [0.15, 0.2) is 0 Å². The molecule has 0 amide bonds. The third kappa shape index (κ3) is 9.07. The molecule has 4 heteroatoms. The molecule has 3 nitrogen and oxygen atoms in total. The smallest absolute Gasteiger partial charge is 1.00 e. The van der Waals surface area contributed by atoms with Crippen molar-refractivity contribution in [1.29, 1.82) is 0 Å². The molecule has 0 spiro atoms. The van der Waals surface area contributed by atoms with Gasteiger partial charge in [-0.05, 0) is 13.3 Å². The Hall–Kier alpha value is 1.07. The van der Waals surface area contributed by atoms with E-state index in [0.717, 1.165) is 0 Å². The summed E-state index contributed by atoms with van der Waals surface area (Å²) in [5, 5.41) is 8.28. The van der Waals surface area contributed by atoms with Gasteiger partial charge in [-0.2, -0.15) is 0 Å². The molecule has 0 aliphatic carbocycles. The maximum atomic E-state index is 10.5. The number of carbonyl (C=O) groups is 1. The molecule has 0 saturated carbocycles. The molecule has 0 bridgehead atoms. The minimum Gasteiger partial charge on any atom is -1.00 e. The number of hydrogen-bond acceptors (Lipinski definition) is 3. The number of rotatable bonds is 4. The monoisotopic (exact) mass is 172 g/mol. The maximum absolute atomic E-state index is 10.5. The second-order valence-corrected chi connectivity index (χ2v) is 1.63. The molecular formula is C6H13KO3. The first-order valence-corrected chi connectivity index (χ1v) is 3.07. The molecule has 0 radical (unpaired) electrons. The van der Waals surface area contributed by atoms with Gasteiger partial charge in [-0.25, -0.2) is 0 Å². The predicted octanol–water partition coefficient (Wildman–Crippen LogP) is -2.56. The molecule has 0 unspecified atom stereocenters. The van der Waals surface area contributed by atoms with Crippen molar-refractivity contribution in [3.8, 4) is 0 Å². The summed E-state index contributed by atoms with van der Waals surface area (Å²) in [6.07, 6.45) is 0.823. The Labute approximate surface area is 105 Å². The quantitative estimate of drug-likeness (QED) is 0.375. The molecule has 0 aliphatic heterocycles. The van der Waals surface area contributed by atoms with Crippen LogP contribution < -0.4 is 51.4 Å². The Bertz CT molecular complexity index is 89.9. The van der Waals surface area contributed by atoms with Crippen molar-refractivity contribution in [2.24, 2.45) is 0 Å². The zero-order chi connectivity index (χ0) is 7.11. The Kier molecular flexibility index (Phi) is 13.7. The van der Waals surface area contributed by atoms with Crippen LogP contribution in [-0.2, 0) is 9.53 Å². The summed E-state index contributed by atoms with van der Waals surface area (Å²) in [5.41, 5.74) is 0. The first-order valence-electron chi connectivity index (χ1n) is 3.07. The van der Waals surface area contributed by atoms with Gasteiger partial charge in [-0.15, -0.1) is 0 Å². The fourth-order valence-corrected chi connectivity index (χ4v) is 0.457. The van der Waals surface area contributed by atoms with Crippen LogP contribution in [0, 0.1) is 0 Å². The van der Waals surface area contributed by atoms with Crippen molar-refractivity contribution >= 4 is 5.97 Å². The third-order valence-electron chi connectivity index (χ3n) is 0.844. The summed E-state index contributed by atoms with van der Waals surface area (Å²) in [6, 6.07) is 0. The number of aliphatic hydroxyl groups is 1. The molecule has 0 atom stereocenters. The molecule has 0 rings (SSSR count). The van der Waals surface area contributed by atoms with E-state index in [1.807, 2.05) is 0 Å². The van der Waals surface area contributed by atoms with Crippen LogP contribution >= 0.6 is 0 Å². The molecule has 0 fully saturated rings. The molecular weight excluding hydrogens is 159 g/mol. The summed E-state index contributed by atoms with van der Waals surface area (Å²) >= 11 is 0. The average molecular weight is 172 g/mol. The SMILES string of the molecule is CCOC(=O)CCCO.[H-].[K+]. The number of hydrogen-bond donors (Lipinski definition) is 1. The van der Waals surface area contributed by atoms with Crippen molar-refractivity contribution in [2.75, 3.05) is 13.2 Å².